The van der Waals surface area contributed by atoms with Crippen LogP contribution >= 0.6 is 0 Å². The van der Waals surface area contributed by atoms with Crippen LogP contribution in [0.5, 0.6) is 11.5 Å². The van der Waals surface area contributed by atoms with Gasteiger partial charge >= 0.3 is 5.97 Å². The summed E-state index contributed by atoms with van der Waals surface area (Å²) in [6.45, 7) is 5.35. The molecular weight excluding hydrogens is 388 g/mol. The first-order valence-electron chi connectivity index (χ1n) is 12.7. The third-order valence-corrected chi connectivity index (χ3v) is 5.59. The van der Waals surface area contributed by atoms with Crippen LogP contribution in [-0.2, 0) is 4.74 Å². The highest BCUT2D eigenvalue weighted by molar-refractivity contribution is 5.90. The quantitative estimate of drug-likeness (QED) is 0.153. The van der Waals surface area contributed by atoms with Crippen molar-refractivity contribution in [3.05, 3.63) is 23.8 Å². The van der Waals surface area contributed by atoms with Crippen LogP contribution in [0.25, 0.3) is 0 Å². The molecule has 0 spiro atoms. The van der Waals surface area contributed by atoms with Crippen molar-refractivity contribution in [1.29, 1.82) is 0 Å². The van der Waals surface area contributed by atoms with Crippen molar-refractivity contribution in [2.45, 2.75) is 110 Å². The fraction of sp³-hybridized carbons (Fsp3) is 0.741. The minimum Gasteiger partial charge on any atom is -0.493 e. The minimum absolute atomic E-state index is 0.321. The molecule has 178 valence electrons. The summed E-state index contributed by atoms with van der Waals surface area (Å²) >= 11 is 0. The predicted octanol–water partition coefficient (Wildman–Crippen LogP) is 8.12. The minimum atomic E-state index is -0.321. The molecule has 1 aromatic carbocycles. The van der Waals surface area contributed by atoms with E-state index in [1.807, 2.05) is 6.92 Å². The van der Waals surface area contributed by atoms with Crippen molar-refractivity contribution in [1.82, 2.24) is 0 Å². The number of unbranched alkanes of at least 4 members (excludes halogenated alkanes) is 13. The van der Waals surface area contributed by atoms with E-state index in [9.17, 15) is 4.79 Å². The predicted molar refractivity (Wildman–Crippen MR) is 129 cm³/mol. The maximum atomic E-state index is 12.0. The van der Waals surface area contributed by atoms with Crippen LogP contribution in [0.4, 0.5) is 0 Å². The van der Waals surface area contributed by atoms with Gasteiger partial charge in [0.05, 0.1) is 25.9 Å². The zero-order valence-corrected chi connectivity index (χ0v) is 20.4. The number of methoxy groups -OCH3 is 1. The lowest BCUT2D eigenvalue weighted by molar-refractivity contribution is 0.0504. The Morgan fingerprint density at radius 1 is 0.677 bits per heavy atom. The third kappa shape index (κ3) is 13.3. The lowest BCUT2D eigenvalue weighted by Crippen LogP contribution is -2.07. The fourth-order valence-electron chi connectivity index (χ4n) is 3.67. The number of rotatable bonds is 20. The lowest BCUT2D eigenvalue weighted by atomic mass is 10.0. The lowest BCUT2D eigenvalue weighted by Gasteiger charge is -2.12. The van der Waals surface area contributed by atoms with E-state index in [1.54, 1.807) is 25.3 Å². The zero-order valence-electron chi connectivity index (χ0n) is 20.4. The second-order valence-corrected chi connectivity index (χ2v) is 8.45. The Labute approximate surface area is 191 Å². The Bertz CT molecular complexity index is 570. The van der Waals surface area contributed by atoms with E-state index in [4.69, 9.17) is 14.2 Å². The first kappa shape index (κ1) is 27.3. The molecule has 1 aromatic rings. The largest absolute Gasteiger partial charge is 0.493 e. The van der Waals surface area contributed by atoms with Gasteiger partial charge in [-0.3, -0.25) is 0 Å². The van der Waals surface area contributed by atoms with Crippen LogP contribution in [0.15, 0.2) is 18.2 Å². The summed E-state index contributed by atoms with van der Waals surface area (Å²) in [5, 5.41) is 0. The van der Waals surface area contributed by atoms with Crippen LogP contribution < -0.4 is 9.47 Å². The SMILES string of the molecule is CCCCCCCCCCCCCCCCOc1ccc(C(=O)OCCC)cc1OC. The number of ether oxygens (including phenoxy) is 3. The molecule has 0 aliphatic rings. The molecule has 0 aliphatic carbocycles. The average molecular weight is 435 g/mol. The average Bonchev–Trinajstić information content (AvgIpc) is 2.80. The summed E-state index contributed by atoms with van der Waals surface area (Å²) in [5.41, 5.74) is 0.495. The van der Waals surface area contributed by atoms with Gasteiger partial charge in [-0.05, 0) is 31.0 Å². The highest BCUT2D eigenvalue weighted by Crippen LogP contribution is 2.28. The number of carbonyl (C=O) groups excluding carboxylic acids is 1. The molecule has 0 bridgehead atoms. The molecule has 0 saturated carbocycles. The summed E-state index contributed by atoms with van der Waals surface area (Å²) in [6, 6.07) is 5.23. The van der Waals surface area contributed by atoms with Gasteiger partial charge in [0, 0.05) is 0 Å². The van der Waals surface area contributed by atoms with E-state index in [1.165, 1.54) is 83.5 Å². The maximum Gasteiger partial charge on any atom is 0.338 e. The molecule has 0 amide bonds. The molecule has 0 aromatic heterocycles. The van der Waals surface area contributed by atoms with Gasteiger partial charge in [0.25, 0.3) is 0 Å². The van der Waals surface area contributed by atoms with Crippen LogP contribution in [0.1, 0.15) is 121 Å². The number of carbonyl (C=O) groups is 1. The highest BCUT2D eigenvalue weighted by atomic mass is 16.5. The van der Waals surface area contributed by atoms with Gasteiger partial charge < -0.3 is 14.2 Å². The molecule has 0 heterocycles. The van der Waals surface area contributed by atoms with Gasteiger partial charge in [-0.2, -0.15) is 0 Å². The molecule has 4 nitrogen and oxygen atoms in total. The Hall–Kier alpha value is -1.71. The Balaban J connectivity index is 2.05. The molecule has 0 atom stereocenters. The molecule has 0 saturated heterocycles. The molecule has 0 aliphatic heterocycles. The molecule has 0 radical (unpaired) electrons. The first-order chi connectivity index (χ1) is 15.2. The smallest absolute Gasteiger partial charge is 0.338 e. The van der Waals surface area contributed by atoms with Crippen LogP contribution in [0.2, 0.25) is 0 Å². The summed E-state index contributed by atoms with van der Waals surface area (Å²) < 4.78 is 16.4. The van der Waals surface area contributed by atoms with E-state index in [0.29, 0.717) is 30.3 Å². The monoisotopic (exact) mass is 434 g/mol. The summed E-state index contributed by atoms with van der Waals surface area (Å²) in [6.07, 6.45) is 19.7. The van der Waals surface area contributed by atoms with Gasteiger partial charge in [-0.1, -0.05) is 97.3 Å². The van der Waals surface area contributed by atoms with Crippen LogP contribution in [0.3, 0.4) is 0 Å². The van der Waals surface area contributed by atoms with E-state index in [0.717, 1.165) is 12.8 Å². The highest BCUT2D eigenvalue weighted by Gasteiger charge is 2.12. The Kier molecular flexibility index (Phi) is 16.8. The molecule has 0 N–H and O–H groups in total. The summed E-state index contributed by atoms with van der Waals surface area (Å²) in [4.78, 5) is 12.0. The normalized spacial score (nSPS) is 10.8. The maximum absolute atomic E-state index is 12.0. The van der Waals surface area contributed by atoms with Gasteiger partial charge in [-0.15, -0.1) is 0 Å². The van der Waals surface area contributed by atoms with Gasteiger partial charge in [0.2, 0.25) is 0 Å². The number of hydrogen-bond acceptors (Lipinski definition) is 4. The van der Waals surface area contributed by atoms with E-state index < -0.39 is 0 Å². The number of hydrogen-bond donors (Lipinski definition) is 0. The molecular formula is C27H46O4. The van der Waals surface area contributed by atoms with E-state index in [-0.39, 0.29) is 5.97 Å². The molecule has 4 heteroatoms. The van der Waals surface area contributed by atoms with Crippen molar-refractivity contribution in [2.75, 3.05) is 20.3 Å². The van der Waals surface area contributed by atoms with Crippen molar-refractivity contribution < 1.29 is 19.0 Å². The zero-order chi connectivity index (χ0) is 22.6. The number of benzene rings is 1. The van der Waals surface area contributed by atoms with Gasteiger partial charge in [0.15, 0.2) is 11.5 Å². The molecule has 0 unspecified atom stereocenters. The van der Waals surface area contributed by atoms with E-state index >= 15 is 0 Å². The fourth-order valence-corrected chi connectivity index (χ4v) is 3.67. The van der Waals surface area contributed by atoms with Crippen molar-refractivity contribution in [2.24, 2.45) is 0 Å². The van der Waals surface area contributed by atoms with E-state index in [2.05, 4.69) is 6.92 Å². The first-order valence-corrected chi connectivity index (χ1v) is 12.7. The Morgan fingerprint density at radius 3 is 1.74 bits per heavy atom. The summed E-state index contributed by atoms with van der Waals surface area (Å²) in [5.74, 6) is 0.944. The second-order valence-electron chi connectivity index (χ2n) is 8.45. The van der Waals surface area contributed by atoms with Crippen LogP contribution in [0, 0.1) is 0 Å². The number of esters is 1. The van der Waals surface area contributed by atoms with Crippen molar-refractivity contribution in [3.63, 3.8) is 0 Å². The summed E-state index contributed by atoms with van der Waals surface area (Å²) in [7, 11) is 1.59. The van der Waals surface area contributed by atoms with Gasteiger partial charge in [-0.25, -0.2) is 4.79 Å². The van der Waals surface area contributed by atoms with Crippen molar-refractivity contribution >= 4 is 5.97 Å². The van der Waals surface area contributed by atoms with Crippen LogP contribution in [-0.4, -0.2) is 26.3 Å². The molecule has 1 rings (SSSR count). The molecule has 31 heavy (non-hydrogen) atoms. The standard InChI is InChI=1S/C27H46O4/c1-4-6-7-8-9-10-11-12-13-14-15-16-17-18-22-30-25-20-19-24(23-26(25)29-3)27(28)31-21-5-2/h19-20,23H,4-18,21-22H2,1-3H3. The van der Waals surface area contributed by atoms with Crippen molar-refractivity contribution in [3.8, 4) is 11.5 Å². The molecule has 0 fully saturated rings. The van der Waals surface area contributed by atoms with Gasteiger partial charge in [0.1, 0.15) is 0 Å². The third-order valence-electron chi connectivity index (χ3n) is 5.59. The Morgan fingerprint density at radius 2 is 1.23 bits per heavy atom. The second kappa shape index (κ2) is 19.0. The topological polar surface area (TPSA) is 44.8 Å².